The first-order chi connectivity index (χ1) is 11.9. The zero-order valence-electron chi connectivity index (χ0n) is 15.1. The molecule has 1 aromatic carbocycles. The summed E-state index contributed by atoms with van der Waals surface area (Å²) in [5.41, 5.74) is 0.461. The van der Waals surface area contributed by atoms with E-state index in [2.05, 4.69) is 12.2 Å². The number of rotatable bonds is 7. The summed E-state index contributed by atoms with van der Waals surface area (Å²) in [6.07, 6.45) is 3.14. The molecule has 7 nitrogen and oxygen atoms in total. The SMILES string of the molecule is CCC[NH+]1CCC(NC(=O)c2ccc(S(=O)(=O)N(C)OC)cc2)CC1. The van der Waals surface area contributed by atoms with Crippen LogP contribution in [0.15, 0.2) is 29.2 Å². The maximum absolute atomic E-state index is 12.4. The van der Waals surface area contributed by atoms with E-state index in [0.717, 1.165) is 30.4 Å². The van der Waals surface area contributed by atoms with Gasteiger partial charge in [-0.1, -0.05) is 11.4 Å². The first-order valence-corrected chi connectivity index (χ1v) is 10.1. The number of nitrogens with one attached hydrogen (secondary N) is 2. The number of piperidine rings is 1. The number of hydrogen-bond donors (Lipinski definition) is 2. The number of quaternary nitrogens is 1. The molecule has 1 aliphatic heterocycles. The second kappa shape index (κ2) is 8.75. The molecule has 1 fully saturated rings. The lowest BCUT2D eigenvalue weighted by Crippen LogP contribution is -3.13. The van der Waals surface area contributed by atoms with Gasteiger partial charge in [-0.3, -0.25) is 9.63 Å². The largest absolute Gasteiger partial charge is 0.349 e. The van der Waals surface area contributed by atoms with Gasteiger partial charge in [-0.2, -0.15) is 0 Å². The van der Waals surface area contributed by atoms with Crippen molar-refractivity contribution in [3.8, 4) is 0 Å². The highest BCUT2D eigenvalue weighted by Gasteiger charge is 2.24. The van der Waals surface area contributed by atoms with Crippen LogP contribution in [-0.2, 0) is 14.9 Å². The molecule has 2 rings (SSSR count). The van der Waals surface area contributed by atoms with Crippen molar-refractivity contribution in [1.29, 1.82) is 0 Å². The Hall–Kier alpha value is -1.48. The van der Waals surface area contributed by atoms with Crippen LogP contribution in [0.4, 0.5) is 0 Å². The highest BCUT2D eigenvalue weighted by Crippen LogP contribution is 2.15. The highest BCUT2D eigenvalue weighted by atomic mass is 32.2. The number of hydrogen-bond acceptors (Lipinski definition) is 4. The minimum absolute atomic E-state index is 0.0878. The number of sulfonamides is 1. The lowest BCUT2D eigenvalue weighted by atomic mass is 10.0. The second-order valence-electron chi connectivity index (χ2n) is 6.37. The smallest absolute Gasteiger partial charge is 0.264 e. The maximum Gasteiger partial charge on any atom is 0.264 e. The lowest BCUT2D eigenvalue weighted by molar-refractivity contribution is -0.905. The monoisotopic (exact) mass is 370 g/mol. The van der Waals surface area contributed by atoms with E-state index in [1.54, 1.807) is 4.90 Å². The number of carbonyl (C=O) groups is 1. The molecule has 140 valence electrons. The molecule has 0 bridgehead atoms. The van der Waals surface area contributed by atoms with Gasteiger partial charge >= 0.3 is 0 Å². The van der Waals surface area contributed by atoms with Crippen molar-refractivity contribution < 1.29 is 22.9 Å². The summed E-state index contributed by atoms with van der Waals surface area (Å²) in [6, 6.07) is 6.10. The third kappa shape index (κ3) is 5.01. The normalized spacial score (nSPS) is 21.3. The van der Waals surface area contributed by atoms with Gasteiger partial charge in [-0.15, -0.1) is 0 Å². The molecule has 2 N–H and O–H groups in total. The van der Waals surface area contributed by atoms with Crippen LogP contribution in [-0.4, -0.2) is 58.6 Å². The lowest BCUT2D eigenvalue weighted by Gasteiger charge is -2.29. The van der Waals surface area contributed by atoms with E-state index in [4.69, 9.17) is 4.84 Å². The Balaban J connectivity index is 1.95. The molecule has 1 saturated heterocycles. The van der Waals surface area contributed by atoms with Gasteiger partial charge in [0.2, 0.25) is 0 Å². The predicted octanol–water partition coefficient (Wildman–Crippen LogP) is 0.0556. The summed E-state index contributed by atoms with van der Waals surface area (Å²) in [5.74, 6) is -0.159. The molecule has 1 aromatic rings. The molecule has 0 aromatic heterocycles. The summed E-state index contributed by atoms with van der Waals surface area (Å²) in [6.45, 7) is 5.54. The molecule has 1 aliphatic rings. The number of carbonyl (C=O) groups excluding carboxylic acids is 1. The highest BCUT2D eigenvalue weighted by molar-refractivity contribution is 7.89. The molecule has 1 heterocycles. The number of likely N-dealkylation sites (tertiary alicyclic amines) is 1. The Labute approximate surface area is 149 Å². The molecule has 0 saturated carbocycles. The predicted molar refractivity (Wildman–Crippen MR) is 94.7 cm³/mol. The van der Waals surface area contributed by atoms with Crippen molar-refractivity contribution >= 4 is 15.9 Å². The molecule has 25 heavy (non-hydrogen) atoms. The molecule has 0 atom stereocenters. The van der Waals surface area contributed by atoms with E-state index in [0.29, 0.717) is 5.56 Å². The zero-order chi connectivity index (χ0) is 18.4. The second-order valence-corrected chi connectivity index (χ2v) is 8.31. The van der Waals surface area contributed by atoms with Crippen LogP contribution in [0.2, 0.25) is 0 Å². The van der Waals surface area contributed by atoms with E-state index in [1.807, 2.05) is 0 Å². The fourth-order valence-corrected chi connectivity index (χ4v) is 4.04. The topological polar surface area (TPSA) is 80.2 Å². The van der Waals surface area contributed by atoms with E-state index in [-0.39, 0.29) is 16.8 Å². The molecule has 8 heteroatoms. The molecular formula is C17H28N3O4S+. The van der Waals surface area contributed by atoms with Crippen molar-refractivity contribution in [1.82, 2.24) is 9.79 Å². The summed E-state index contributed by atoms with van der Waals surface area (Å²) in [7, 11) is -1.09. The maximum atomic E-state index is 12.4. The Morgan fingerprint density at radius 3 is 2.40 bits per heavy atom. The van der Waals surface area contributed by atoms with E-state index >= 15 is 0 Å². The van der Waals surface area contributed by atoms with Crippen LogP contribution in [0, 0.1) is 0 Å². The summed E-state index contributed by atoms with van der Waals surface area (Å²) < 4.78 is 25.1. The van der Waals surface area contributed by atoms with Crippen molar-refractivity contribution in [3.63, 3.8) is 0 Å². The molecule has 0 radical (unpaired) electrons. The van der Waals surface area contributed by atoms with Crippen molar-refractivity contribution in [3.05, 3.63) is 29.8 Å². The number of amides is 1. The third-order valence-corrected chi connectivity index (χ3v) is 6.34. The standard InChI is InChI=1S/C17H27N3O4S/c1-4-11-20-12-9-15(10-13-20)18-17(21)14-5-7-16(8-6-14)25(22,23)19(2)24-3/h5-8,15H,4,9-13H2,1-3H3,(H,18,21)/p+1. The van der Waals surface area contributed by atoms with E-state index in [1.165, 1.54) is 51.4 Å². The van der Waals surface area contributed by atoms with Gasteiger partial charge in [-0.25, -0.2) is 8.42 Å². The fraction of sp³-hybridized carbons (Fsp3) is 0.588. The summed E-state index contributed by atoms with van der Waals surface area (Å²) in [4.78, 5) is 18.8. The summed E-state index contributed by atoms with van der Waals surface area (Å²) in [5, 5.41) is 3.05. The Morgan fingerprint density at radius 1 is 1.28 bits per heavy atom. The Bertz CT molecular complexity index is 668. The van der Waals surface area contributed by atoms with Crippen LogP contribution in [0.25, 0.3) is 0 Å². The van der Waals surface area contributed by atoms with Crippen molar-refractivity contribution in [2.24, 2.45) is 0 Å². The van der Waals surface area contributed by atoms with E-state index in [9.17, 15) is 13.2 Å². The van der Waals surface area contributed by atoms with Crippen LogP contribution in [0.3, 0.4) is 0 Å². The first kappa shape index (κ1) is 19.8. The van der Waals surface area contributed by atoms with Gasteiger partial charge in [-0.05, 0) is 30.7 Å². The number of nitrogens with zero attached hydrogens (tertiary/aromatic N) is 1. The van der Waals surface area contributed by atoms with Crippen molar-refractivity contribution in [2.45, 2.75) is 37.1 Å². The quantitative estimate of drug-likeness (QED) is 0.665. The minimum atomic E-state index is -3.69. The fourth-order valence-electron chi connectivity index (χ4n) is 3.07. The number of hydroxylamine groups is 1. The van der Waals surface area contributed by atoms with Gasteiger partial charge in [0.05, 0.1) is 31.6 Å². The van der Waals surface area contributed by atoms with Crippen LogP contribution >= 0.6 is 0 Å². The minimum Gasteiger partial charge on any atom is -0.349 e. The molecule has 0 spiro atoms. The zero-order valence-corrected chi connectivity index (χ0v) is 15.9. The van der Waals surface area contributed by atoms with Gasteiger partial charge < -0.3 is 10.2 Å². The Morgan fingerprint density at radius 2 is 1.88 bits per heavy atom. The first-order valence-electron chi connectivity index (χ1n) is 8.66. The molecule has 0 unspecified atom stereocenters. The van der Waals surface area contributed by atoms with Gasteiger partial charge in [0.1, 0.15) is 0 Å². The average Bonchev–Trinajstić information content (AvgIpc) is 2.63. The third-order valence-electron chi connectivity index (χ3n) is 4.64. The molecule has 0 aliphatic carbocycles. The number of benzene rings is 1. The van der Waals surface area contributed by atoms with Gasteiger partial charge in [0, 0.05) is 31.5 Å². The average molecular weight is 370 g/mol. The van der Waals surface area contributed by atoms with Gasteiger partial charge in [0.25, 0.3) is 15.9 Å². The van der Waals surface area contributed by atoms with E-state index < -0.39 is 10.0 Å². The summed E-state index contributed by atoms with van der Waals surface area (Å²) >= 11 is 0. The molecular weight excluding hydrogens is 342 g/mol. The molecule has 1 amide bonds. The van der Waals surface area contributed by atoms with Crippen LogP contribution < -0.4 is 10.2 Å². The van der Waals surface area contributed by atoms with Gasteiger partial charge in [0.15, 0.2) is 0 Å². The van der Waals surface area contributed by atoms with Crippen LogP contribution in [0.5, 0.6) is 0 Å². The van der Waals surface area contributed by atoms with Crippen LogP contribution in [0.1, 0.15) is 36.5 Å². The van der Waals surface area contributed by atoms with Crippen molar-refractivity contribution in [2.75, 3.05) is 33.8 Å². The Kier molecular flexibility index (Phi) is 6.95.